The fourth-order valence-corrected chi connectivity index (χ4v) is 1.47. The third-order valence-electron chi connectivity index (χ3n) is 2.18. The van der Waals surface area contributed by atoms with E-state index in [4.69, 9.17) is 4.74 Å². The zero-order valence-electron chi connectivity index (χ0n) is 8.55. The normalized spacial score (nSPS) is 9.93. The van der Waals surface area contributed by atoms with Crippen LogP contribution in [0.25, 0.3) is 0 Å². The van der Waals surface area contributed by atoms with E-state index >= 15 is 0 Å². The number of aromatic nitrogens is 2. The van der Waals surface area contributed by atoms with Crippen LogP contribution in [0.2, 0.25) is 0 Å². The van der Waals surface area contributed by atoms with Crippen LogP contribution in [-0.2, 0) is 6.42 Å². The van der Waals surface area contributed by atoms with Gasteiger partial charge >= 0.3 is 0 Å². The number of ether oxygens (including phenoxy) is 1. The second-order valence-corrected chi connectivity index (χ2v) is 3.19. The maximum Gasteiger partial charge on any atom is 0.122 e. The molecule has 0 unspecified atom stereocenters. The van der Waals surface area contributed by atoms with Crippen molar-refractivity contribution in [3.8, 4) is 5.75 Å². The van der Waals surface area contributed by atoms with Crippen molar-refractivity contribution in [2.24, 2.45) is 0 Å². The zero-order valence-corrected chi connectivity index (χ0v) is 8.55. The van der Waals surface area contributed by atoms with Crippen molar-refractivity contribution in [2.75, 3.05) is 7.11 Å². The summed E-state index contributed by atoms with van der Waals surface area (Å²) in [5.41, 5.74) is 2.07. The molecule has 0 saturated carbocycles. The van der Waals surface area contributed by atoms with Crippen molar-refractivity contribution in [3.63, 3.8) is 0 Å². The lowest BCUT2D eigenvalue weighted by Gasteiger charge is -2.06. The summed E-state index contributed by atoms with van der Waals surface area (Å²) in [6.07, 6.45) is 5.89. The molecule has 3 nitrogen and oxygen atoms in total. The molecule has 0 bridgehead atoms. The maximum atomic E-state index is 5.27. The van der Waals surface area contributed by atoms with Crippen LogP contribution in [0.4, 0.5) is 0 Å². The molecular formula is C12H12N2O. The highest BCUT2D eigenvalue weighted by atomic mass is 16.5. The number of hydrogen-bond donors (Lipinski definition) is 0. The summed E-state index contributed by atoms with van der Waals surface area (Å²) >= 11 is 0. The van der Waals surface area contributed by atoms with Gasteiger partial charge in [-0.15, -0.1) is 0 Å². The molecule has 0 aliphatic carbocycles. The standard InChI is InChI=1S/C12H12N2O/c1-15-12-5-3-2-4-10(12)8-11-9-13-6-7-14-11/h2-7,9H,8H2,1H3. The highest BCUT2D eigenvalue weighted by molar-refractivity contribution is 5.35. The molecule has 1 aromatic heterocycles. The van der Waals surface area contributed by atoms with Gasteiger partial charge in [-0.1, -0.05) is 18.2 Å². The Morgan fingerprint density at radius 2 is 2.07 bits per heavy atom. The highest BCUT2D eigenvalue weighted by Gasteiger charge is 2.03. The van der Waals surface area contributed by atoms with Gasteiger partial charge in [-0.2, -0.15) is 0 Å². The molecule has 1 heterocycles. The van der Waals surface area contributed by atoms with E-state index in [0.29, 0.717) is 0 Å². The van der Waals surface area contributed by atoms with Crippen LogP contribution in [0, 0.1) is 0 Å². The van der Waals surface area contributed by atoms with Gasteiger partial charge in [0, 0.05) is 30.6 Å². The number of hydrogen-bond acceptors (Lipinski definition) is 3. The summed E-state index contributed by atoms with van der Waals surface area (Å²) in [4.78, 5) is 8.26. The molecule has 2 aromatic rings. The Hall–Kier alpha value is -1.90. The fourth-order valence-electron chi connectivity index (χ4n) is 1.47. The third kappa shape index (κ3) is 2.31. The molecule has 0 amide bonds. The number of para-hydroxylation sites is 1. The fraction of sp³-hybridized carbons (Fsp3) is 0.167. The van der Waals surface area contributed by atoms with Crippen LogP contribution in [0.15, 0.2) is 42.9 Å². The summed E-state index contributed by atoms with van der Waals surface area (Å²) < 4.78 is 5.27. The number of nitrogens with zero attached hydrogens (tertiary/aromatic N) is 2. The number of rotatable bonds is 3. The largest absolute Gasteiger partial charge is 0.496 e. The Labute approximate surface area is 88.8 Å². The van der Waals surface area contributed by atoms with Crippen molar-refractivity contribution < 1.29 is 4.74 Å². The average molecular weight is 200 g/mol. The summed E-state index contributed by atoms with van der Waals surface area (Å²) in [5, 5.41) is 0. The molecule has 0 aliphatic heterocycles. The molecule has 0 N–H and O–H groups in total. The molecule has 0 spiro atoms. The van der Waals surface area contributed by atoms with E-state index in [1.165, 1.54) is 0 Å². The van der Waals surface area contributed by atoms with Crippen LogP contribution in [0.3, 0.4) is 0 Å². The average Bonchev–Trinajstić information content (AvgIpc) is 2.31. The van der Waals surface area contributed by atoms with Crippen LogP contribution >= 0.6 is 0 Å². The van der Waals surface area contributed by atoms with Crippen molar-refractivity contribution in [3.05, 3.63) is 54.1 Å². The summed E-state index contributed by atoms with van der Waals surface area (Å²) in [6, 6.07) is 7.94. The second kappa shape index (κ2) is 4.55. The van der Waals surface area contributed by atoms with E-state index < -0.39 is 0 Å². The Morgan fingerprint density at radius 3 is 2.80 bits per heavy atom. The van der Waals surface area contributed by atoms with E-state index in [0.717, 1.165) is 23.4 Å². The van der Waals surface area contributed by atoms with Gasteiger partial charge in [0.15, 0.2) is 0 Å². The molecule has 0 fully saturated rings. The van der Waals surface area contributed by atoms with Gasteiger partial charge in [-0.05, 0) is 6.07 Å². The van der Waals surface area contributed by atoms with E-state index in [1.807, 2.05) is 24.3 Å². The van der Waals surface area contributed by atoms with Gasteiger partial charge in [0.25, 0.3) is 0 Å². The molecule has 3 heteroatoms. The van der Waals surface area contributed by atoms with Crippen molar-refractivity contribution in [1.29, 1.82) is 0 Å². The van der Waals surface area contributed by atoms with Crippen LogP contribution in [0.5, 0.6) is 5.75 Å². The molecular weight excluding hydrogens is 188 g/mol. The predicted octanol–water partition coefficient (Wildman–Crippen LogP) is 2.08. The lowest BCUT2D eigenvalue weighted by atomic mass is 10.1. The van der Waals surface area contributed by atoms with Gasteiger partial charge in [0.2, 0.25) is 0 Å². The Bertz CT molecular complexity index is 429. The highest BCUT2D eigenvalue weighted by Crippen LogP contribution is 2.19. The molecule has 2 rings (SSSR count). The first kappa shape index (κ1) is 9.65. The zero-order chi connectivity index (χ0) is 10.5. The monoisotopic (exact) mass is 200 g/mol. The quantitative estimate of drug-likeness (QED) is 0.760. The van der Waals surface area contributed by atoms with Crippen molar-refractivity contribution in [2.45, 2.75) is 6.42 Å². The van der Waals surface area contributed by atoms with E-state index in [9.17, 15) is 0 Å². The lowest BCUT2D eigenvalue weighted by molar-refractivity contribution is 0.410. The number of methoxy groups -OCH3 is 1. The summed E-state index contributed by atoms with van der Waals surface area (Å²) in [5.74, 6) is 0.892. The van der Waals surface area contributed by atoms with Gasteiger partial charge < -0.3 is 4.74 Å². The van der Waals surface area contributed by atoms with Crippen molar-refractivity contribution in [1.82, 2.24) is 9.97 Å². The third-order valence-corrected chi connectivity index (χ3v) is 2.18. The summed E-state index contributed by atoms with van der Waals surface area (Å²) in [6.45, 7) is 0. The summed E-state index contributed by atoms with van der Waals surface area (Å²) in [7, 11) is 1.68. The predicted molar refractivity (Wildman–Crippen MR) is 57.8 cm³/mol. The minimum atomic E-state index is 0.748. The lowest BCUT2D eigenvalue weighted by Crippen LogP contribution is -1.95. The maximum absolute atomic E-state index is 5.27. The van der Waals surface area contributed by atoms with Crippen molar-refractivity contribution >= 4 is 0 Å². The Kier molecular flexibility index (Phi) is 2.93. The van der Waals surface area contributed by atoms with Gasteiger partial charge in [0.1, 0.15) is 5.75 Å². The molecule has 0 radical (unpaired) electrons. The smallest absolute Gasteiger partial charge is 0.122 e. The van der Waals surface area contributed by atoms with E-state index in [-0.39, 0.29) is 0 Å². The minimum absolute atomic E-state index is 0.748. The first-order valence-corrected chi connectivity index (χ1v) is 4.77. The first-order chi connectivity index (χ1) is 7.40. The Balaban J connectivity index is 2.24. The molecule has 0 atom stereocenters. The van der Waals surface area contributed by atoms with Gasteiger partial charge in [-0.3, -0.25) is 9.97 Å². The second-order valence-electron chi connectivity index (χ2n) is 3.19. The minimum Gasteiger partial charge on any atom is -0.496 e. The van der Waals surface area contributed by atoms with E-state index in [1.54, 1.807) is 25.7 Å². The van der Waals surface area contributed by atoms with Crippen LogP contribution in [0.1, 0.15) is 11.3 Å². The van der Waals surface area contributed by atoms with Gasteiger partial charge in [0.05, 0.1) is 12.8 Å². The topological polar surface area (TPSA) is 35.0 Å². The molecule has 15 heavy (non-hydrogen) atoms. The van der Waals surface area contributed by atoms with Crippen LogP contribution < -0.4 is 4.74 Å². The Morgan fingerprint density at radius 1 is 1.20 bits per heavy atom. The molecule has 0 saturated heterocycles. The SMILES string of the molecule is COc1ccccc1Cc1cnccn1. The number of benzene rings is 1. The van der Waals surface area contributed by atoms with Gasteiger partial charge in [-0.25, -0.2) is 0 Å². The molecule has 1 aromatic carbocycles. The van der Waals surface area contributed by atoms with Crippen LogP contribution in [-0.4, -0.2) is 17.1 Å². The molecule has 0 aliphatic rings. The molecule has 76 valence electrons. The van der Waals surface area contributed by atoms with E-state index in [2.05, 4.69) is 9.97 Å². The first-order valence-electron chi connectivity index (χ1n) is 4.77.